The second kappa shape index (κ2) is 9.87. The molecule has 1 amide bonds. The lowest BCUT2D eigenvalue weighted by atomic mass is 9.74. The number of aliphatic hydroxyl groups is 1. The molecule has 1 atom stereocenters. The molecule has 2 fully saturated rings. The lowest BCUT2D eigenvalue weighted by Gasteiger charge is -2.39. The smallest absolute Gasteiger partial charge is 0.229 e. The average molecular weight is 459 g/mol. The Kier molecular flexibility index (Phi) is 7.12. The molecule has 2 aliphatic rings. The van der Waals surface area contributed by atoms with E-state index in [-0.39, 0.29) is 24.1 Å². The Morgan fingerprint density at radius 2 is 1.79 bits per heavy atom. The second-order valence-electron chi connectivity index (χ2n) is 9.66. The highest BCUT2D eigenvalue weighted by atomic mass is 19.1. The zero-order chi connectivity index (χ0) is 23.5. The van der Waals surface area contributed by atoms with Gasteiger partial charge in [0.25, 0.3) is 0 Å². The molecule has 0 bridgehead atoms. The quantitative estimate of drug-likeness (QED) is 0.691. The largest absolute Gasteiger partial charge is 0.387 e. The molecular formula is C26H32F2N2O3. The van der Waals surface area contributed by atoms with Crippen LogP contribution in [0, 0.1) is 17.0 Å². The van der Waals surface area contributed by atoms with E-state index in [1.807, 2.05) is 11.9 Å². The normalized spacial score (nSPS) is 22.6. The van der Waals surface area contributed by atoms with Crippen LogP contribution in [0.1, 0.15) is 30.4 Å². The third-order valence-electron chi connectivity index (χ3n) is 6.94. The number of benzene rings is 2. The maximum absolute atomic E-state index is 14.4. The van der Waals surface area contributed by atoms with Crippen LogP contribution in [0.2, 0.25) is 0 Å². The number of amides is 1. The SMILES string of the molecule is CN(Cc1ccc(F)cc1)C[C@@]1(O)CCN(C(=O)C2(Cc3ccccc3F)CCOCC2)C1. The van der Waals surface area contributed by atoms with Gasteiger partial charge in [-0.1, -0.05) is 30.3 Å². The van der Waals surface area contributed by atoms with E-state index in [1.165, 1.54) is 18.2 Å². The summed E-state index contributed by atoms with van der Waals surface area (Å²) in [6.45, 7) is 2.64. The maximum Gasteiger partial charge on any atom is 0.229 e. The molecule has 0 aliphatic carbocycles. The van der Waals surface area contributed by atoms with E-state index in [2.05, 4.69) is 0 Å². The number of β-amino-alcohol motifs (C(OH)–C–C–N with tert-alkyl or cyclic N) is 1. The Labute approximate surface area is 194 Å². The van der Waals surface area contributed by atoms with Gasteiger partial charge in [0.05, 0.1) is 17.6 Å². The van der Waals surface area contributed by atoms with Crippen molar-refractivity contribution < 1.29 is 23.4 Å². The van der Waals surface area contributed by atoms with Crippen molar-refractivity contribution in [2.75, 3.05) is 39.9 Å². The van der Waals surface area contributed by atoms with Gasteiger partial charge in [-0.25, -0.2) is 8.78 Å². The van der Waals surface area contributed by atoms with Gasteiger partial charge >= 0.3 is 0 Å². The number of halogens is 2. The summed E-state index contributed by atoms with van der Waals surface area (Å²) in [4.78, 5) is 17.5. The number of ether oxygens (including phenoxy) is 1. The zero-order valence-corrected chi connectivity index (χ0v) is 19.1. The summed E-state index contributed by atoms with van der Waals surface area (Å²) >= 11 is 0. The van der Waals surface area contributed by atoms with Crippen LogP contribution in [0.15, 0.2) is 48.5 Å². The first kappa shape index (κ1) is 23.8. The molecule has 2 aromatic rings. The Morgan fingerprint density at radius 1 is 1.09 bits per heavy atom. The minimum Gasteiger partial charge on any atom is -0.387 e. The summed E-state index contributed by atoms with van der Waals surface area (Å²) in [5.74, 6) is -0.593. The molecule has 0 saturated carbocycles. The number of carbonyl (C=O) groups is 1. The molecule has 4 rings (SSSR count). The summed E-state index contributed by atoms with van der Waals surface area (Å²) in [5.41, 5.74) is -0.235. The molecule has 2 aliphatic heterocycles. The number of likely N-dealkylation sites (N-methyl/N-ethyl adjacent to an activating group) is 1. The van der Waals surface area contributed by atoms with Crippen molar-refractivity contribution >= 4 is 5.91 Å². The van der Waals surface area contributed by atoms with Crippen LogP contribution in [0.3, 0.4) is 0 Å². The third kappa shape index (κ3) is 5.60. The van der Waals surface area contributed by atoms with E-state index in [1.54, 1.807) is 35.2 Å². The highest BCUT2D eigenvalue weighted by molar-refractivity contribution is 5.83. The van der Waals surface area contributed by atoms with Gasteiger partial charge in [0.2, 0.25) is 5.91 Å². The van der Waals surface area contributed by atoms with Crippen LogP contribution >= 0.6 is 0 Å². The van der Waals surface area contributed by atoms with Gasteiger partial charge < -0.3 is 14.7 Å². The predicted molar refractivity (Wildman–Crippen MR) is 121 cm³/mol. The van der Waals surface area contributed by atoms with Crippen molar-refractivity contribution in [3.05, 3.63) is 71.3 Å². The molecule has 33 heavy (non-hydrogen) atoms. The van der Waals surface area contributed by atoms with Crippen molar-refractivity contribution in [2.24, 2.45) is 5.41 Å². The van der Waals surface area contributed by atoms with Gasteiger partial charge in [-0.05, 0) is 62.1 Å². The number of hydrogen-bond acceptors (Lipinski definition) is 4. The van der Waals surface area contributed by atoms with Gasteiger partial charge in [-0.3, -0.25) is 9.69 Å². The molecule has 2 aromatic carbocycles. The highest BCUT2D eigenvalue weighted by Gasteiger charge is 2.47. The van der Waals surface area contributed by atoms with E-state index in [0.29, 0.717) is 64.1 Å². The fourth-order valence-electron chi connectivity index (χ4n) is 5.19. The summed E-state index contributed by atoms with van der Waals surface area (Å²) in [5, 5.41) is 11.2. The number of nitrogens with zero attached hydrogens (tertiary/aromatic N) is 2. The molecule has 0 radical (unpaired) electrons. The zero-order valence-electron chi connectivity index (χ0n) is 19.1. The molecule has 2 saturated heterocycles. The third-order valence-corrected chi connectivity index (χ3v) is 6.94. The molecule has 7 heteroatoms. The van der Waals surface area contributed by atoms with E-state index in [0.717, 1.165) is 5.56 Å². The first-order valence-electron chi connectivity index (χ1n) is 11.5. The van der Waals surface area contributed by atoms with Gasteiger partial charge in [0, 0.05) is 32.8 Å². The lowest BCUT2D eigenvalue weighted by Crippen LogP contribution is -2.50. The Morgan fingerprint density at radius 3 is 2.48 bits per heavy atom. The van der Waals surface area contributed by atoms with Crippen LogP contribution in [0.5, 0.6) is 0 Å². The average Bonchev–Trinajstić information content (AvgIpc) is 3.18. The van der Waals surface area contributed by atoms with Gasteiger partial charge in [-0.15, -0.1) is 0 Å². The van der Waals surface area contributed by atoms with Crippen LogP contribution < -0.4 is 0 Å². The maximum atomic E-state index is 14.4. The number of likely N-dealkylation sites (tertiary alicyclic amines) is 1. The van der Waals surface area contributed by atoms with E-state index >= 15 is 0 Å². The van der Waals surface area contributed by atoms with Gasteiger partial charge in [-0.2, -0.15) is 0 Å². The number of hydrogen-bond donors (Lipinski definition) is 1. The van der Waals surface area contributed by atoms with Crippen molar-refractivity contribution in [2.45, 2.75) is 37.8 Å². The summed E-state index contributed by atoms with van der Waals surface area (Å²) in [6.07, 6.45) is 1.90. The van der Waals surface area contributed by atoms with Crippen LogP contribution in [0.4, 0.5) is 8.78 Å². The molecule has 0 unspecified atom stereocenters. The molecule has 5 nitrogen and oxygen atoms in total. The van der Waals surface area contributed by atoms with Crippen molar-refractivity contribution in [1.29, 1.82) is 0 Å². The fraction of sp³-hybridized carbons (Fsp3) is 0.500. The lowest BCUT2D eigenvalue weighted by molar-refractivity contribution is -0.148. The predicted octanol–water partition coefficient (Wildman–Crippen LogP) is 3.40. The van der Waals surface area contributed by atoms with E-state index in [9.17, 15) is 18.7 Å². The number of rotatable bonds is 7. The van der Waals surface area contributed by atoms with Gasteiger partial charge in [0.15, 0.2) is 0 Å². The minimum absolute atomic E-state index is 0.0221. The summed E-state index contributed by atoms with van der Waals surface area (Å²) in [7, 11) is 1.91. The molecule has 178 valence electrons. The Bertz CT molecular complexity index is 962. The standard InChI is InChI=1S/C26H32F2N2O3/c1-29(17-20-6-8-22(27)9-7-20)18-26(32)10-13-30(19-26)24(31)25(11-14-33-15-12-25)16-21-4-2-3-5-23(21)28/h2-9,32H,10-19H2,1H3/t26-/m0/s1. The molecule has 0 aromatic heterocycles. The van der Waals surface area contributed by atoms with Crippen molar-refractivity contribution in [3.8, 4) is 0 Å². The molecule has 1 N–H and O–H groups in total. The van der Waals surface area contributed by atoms with Gasteiger partial charge in [0.1, 0.15) is 11.6 Å². The van der Waals surface area contributed by atoms with E-state index in [4.69, 9.17) is 4.74 Å². The fourth-order valence-corrected chi connectivity index (χ4v) is 5.19. The minimum atomic E-state index is -1.02. The van der Waals surface area contributed by atoms with Crippen molar-refractivity contribution in [3.63, 3.8) is 0 Å². The Balaban J connectivity index is 1.43. The topological polar surface area (TPSA) is 53.0 Å². The highest BCUT2D eigenvalue weighted by Crippen LogP contribution is 2.39. The van der Waals surface area contributed by atoms with E-state index < -0.39 is 11.0 Å². The van der Waals surface area contributed by atoms with Crippen LogP contribution in [-0.2, 0) is 22.5 Å². The van der Waals surface area contributed by atoms with Crippen LogP contribution in [-0.4, -0.2) is 66.3 Å². The first-order chi connectivity index (χ1) is 15.8. The second-order valence-corrected chi connectivity index (χ2v) is 9.66. The Hall–Kier alpha value is -2.35. The van der Waals surface area contributed by atoms with Crippen molar-refractivity contribution in [1.82, 2.24) is 9.80 Å². The molecule has 2 heterocycles. The summed E-state index contributed by atoms with van der Waals surface area (Å²) < 4.78 is 33.1. The molecular weight excluding hydrogens is 426 g/mol. The summed E-state index contributed by atoms with van der Waals surface area (Å²) in [6, 6.07) is 12.9. The molecule has 0 spiro atoms. The van der Waals surface area contributed by atoms with Crippen LogP contribution in [0.25, 0.3) is 0 Å². The monoisotopic (exact) mass is 458 g/mol. The first-order valence-corrected chi connectivity index (χ1v) is 11.5. The number of carbonyl (C=O) groups excluding carboxylic acids is 1.